The Morgan fingerprint density at radius 1 is 1.23 bits per heavy atom. The molecular formula is C22H25N3O5. The molecule has 2 fully saturated rings. The van der Waals surface area contributed by atoms with Crippen LogP contribution in [0.5, 0.6) is 11.5 Å². The summed E-state index contributed by atoms with van der Waals surface area (Å²) in [4.78, 5) is 43.4. The lowest BCUT2D eigenvalue weighted by Gasteiger charge is -2.39. The van der Waals surface area contributed by atoms with Crippen molar-refractivity contribution in [1.29, 1.82) is 0 Å². The van der Waals surface area contributed by atoms with E-state index in [1.54, 1.807) is 12.0 Å². The van der Waals surface area contributed by atoms with Crippen molar-refractivity contribution >= 4 is 11.8 Å². The van der Waals surface area contributed by atoms with E-state index in [0.717, 1.165) is 30.2 Å². The van der Waals surface area contributed by atoms with Crippen molar-refractivity contribution < 1.29 is 19.4 Å². The molecule has 2 aromatic rings. The smallest absolute Gasteiger partial charge is 0.259 e. The van der Waals surface area contributed by atoms with Crippen molar-refractivity contribution in [2.45, 2.75) is 25.8 Å². The number of benzene rings is 1. The number of aromatic nitrogens is 1. The highest BCUT2D eigenvalue weighted by molar-refractivity contribution is 5.97. The summed E-state index contributed by atoms with van der Waals surface area (Å²) >= 11 is 0. The average molecular weight is 411 g/mol. The van der Waals surface area contributed by atoms with Crippen molar-refractivity contribution in [1.82, 2.24) is 14.8 Å². The SMILES string of the molecule is COc1cccc(CN2CCCC3(CCN(C(=O)c4c[nH]c(=O)cc4O)C3)C2=O)c1. The Hall–Kier alpha value is -3.29. The number of aromatic hydroxyl groups is 1. The van der Waals surface area contributed by atoms with Crippen molar-refractivity contribution in [3.8, 4) is 11.5 Å². The normalized spacial score (nSPS) is 21.3. The summed E-state index contributed by atoms with van der Waals surface area (Å²) in [6.45, 7) is 1.95. The van der Waals surface area contributed by atoms with Crippen LogP contribution in [0, 0.1) is 5.41 Å². The number of aromatic amines is 1. The molecule has 0 bridgehead atoms. The summed E-state index contributed by atoms with van der Waals surface area (Å²) < 4.78 is 5.27. The fourth-order valence-corrected chi connectivity index (χ4v) is 4.52. The maximum atomic E-state index is 13.4. The molecule has 1 unspecified atom stereocenters. The molecule has 8 nitrogen and oxygen atoms in total. The fraction of sp³-hybridized carbons (Fsp3) is 0.409. The lowest BCUT2D eigenvalue weighted by atomic mass is 9.78. The second-order valence-corrected chi connectivity index (χ2v) is 8.04. The van der Waals surface area contributed by atoms with Crippen LogP contribution < -0.4 is 10.3 Å². The minimum absolute atomic E-state index is 0.0446. The summed E-state index contributed by atoms with van der Waals surface area (Å²) in [7, 11) is 1.62. The molecular weight excluding hydrogens is 386 g/mol. The van der Waals surface area contributed by atoms with Crippen molar-refractivity contribution in [2.24, 2.45) is 5.41 Å². The minimum atomic E-state index is -0.593. The highest BCUT2D eigenvalue weighted by Gasteiger charge is 2.49. The molecule has 1 aromatic heterocycles. The molecule has 2 aliphatic heterocycles. The molecule has 0 saturated carbocycles. The van der Waals surface area contributed by atoms with Crippen LogP contribution in [-0.4, -0.2) is 58.4 Å². The number of ether oxygens (including phenoxy) is 1. The molecule has 2 N–H and O–H groups in total. The Kier molecular flexibility index (Phi) is 5.24. The van der Waals surface area contributed by atoms with Gasteiger partial charge in [-0.25, -0.2) is 0 Å². The van der Waals surface area contributed by atoms with Gasteiger partial charge in [-0.2, -0.15) is 0 Å². The third-order valence-electron chi connectivity index (χ3n) is 6.11. The van der Waals surface area contributed by atoms with Gasteiger partial charge in [-0.15, -0.1) is 0 Å². The van der Waals surface area contributed by atoms with Crippen molar-refractivity contribution in [3.63, 3.8) is 0 Å². The van der Waals surface area contributed by atoms with Crippen LogP contribution in [0.2, 0.25) is 0 Å². The monoisotopic (exact) mass is 411 g/mol. The summed E-state index contributed by atoms with van der Waals surface area (Å²) in [5.74, 6) is 0.0975. The van der Waals surface area contributed by atoms with Gasteiger partial charge in [0.15, 0.2) is 0 Å². The van der Waals surface area contributed by atoms with Crippen LogP contribution in [-0.2, 0) is 11.3 Å². The number of piperidine rings is 1. The standard InChI is InChI=1S/C22H25N3O5/c1-30-16-5-2-4-15(10-16)13-24-8-3-6-22(21(24)29)7-9-25(14-22)20(28)17-12-23-19(27)11-18(17)26/h2,4-5,10-12H,3,6-9,13-14H2,1H3,(H2,23,26,27). The number of nitrogens with zero attached hydrogens (tertiary/aromatic N) is 2. The second kappa shape index (κ2) is 7.85. The highest BCUT2D eigenvalue weighted by Crippen LogP contribution is 2.41. The Morgan fingerprint density at radius 2 is 2.07 bits per heavy atom. The molecule has 2 saturated heterocycles. The van der Waals surface area contributed by atoms with Gasteiger partial charge in [0, 0.05) is 38.4 Å². The first-order valence-electron chi connectivity index (χ1n) is 10.1. The van der Waals surface area contributed by atoms with Crippen LogP contribution in [0.4, 0.5) is 0 Å². The summed E-state index contributed by atoms with van der Waals surface area (Å²) in [5.41, 5.74) is -0.0190. The number of carbonyl (C=O) groups excluding carboxylic acids is 2. The van der Waals surface area contributed by atoms with Gasteiger partial charge < -0.3 is 24.6 Å². The topological polar surface area (TPSA) is 103 Å². The Labute approximate surface area is 174 Å². The third-order valence-corrected chi connectivity index (χ3v) is 6.11. The van der Waals surface area contributed by atoms with Crippen LogP contribution in [0.15, 0.2) is 41.3 Å². The molecule has 0 aliphatic carbocycles. The van der Waals surface area contributed by atoms with Gasteiger partial charge in [-0.3, -0.25) is 14.4 Å². The van der Waals surface area contributed by atoms with E-state index in [0.29, 0.717) is 32.6 Å². The van der Waals surface area contributed by atoms with Gasteiger partial charge in [0.05, 0.1) is 18.1 Å². The minimum Gasteiger partial charge on any atom is -0.507 e. The van der Waals surface area contributed by atoms with Crippen molar-refractivity contribution in [3.05, 3.63) is 58.0 Å². The van der Waals surface area contributed by atoms with E-state index in [1.807, 2.05) is 29.2 Å². The number of hydrogen-bond donors (Lipinski definition) is 2. The van der Waals surface area contributed by atoms with E-state index < -0.39 is 11.0 Å². The third kappa shape index (κ3) is 3.65. The first-order valence-corrected chi connectivity index (χ1v) is 10.1. The molecule has 3 heterocycles. The molecule has 4 rings (SSSR count). The molecule has 1 spiro atoms. The molecule has 2 aliphatic rings. The first-order chi connectivity index (χ1) is 14.4. The number of hydrogen-bond acceptors (Lipinski definition) is 5. The summed E-state index contributed by atoms with van der Waals surface area (Å²) in [6, 6.07) is 8.67. The van der Waals surface area contributed by atoms with Gasteiger partial charge in [-0.05, 0) is 37.0 Å². The number of amides is 2. The van der Waals surface area contributed by atoms with Gasteiger partial charge in [-0.1, -0.05) is 12.1 Å². The molecule has 158 valence electrons. The first kappa shape index (κ1) is 20.0. The van der Waals surface area contributed by atoms with Crippen LogP contribution >= 0.6 is 0 Å². The van der Waals surface area contributed by atoms with Gasteiger partial charge in [0.1, 0.15) is 11.5 Å². The largest absolute Gasteiger partial charge is 0.507 e. The quantitative estimate of drug-likeness (QED) is 0.798. The zero-order valence-electron chi connectivity index (χ0n) is 16.9. The molecule has 30 heavy (non-hydrogen) atoms. The van der Waals surface area contributed by atoms with E-state index in [-0.39, 0.29) is 23.1 Å². The number of H-pyrrole nitrogens is 1. The number of nitrogens with one attached hydrogen (secondary N) is 1. The Bertz CT molecular complexity index is 1030. The maximum absolute atomic E-state index is 13.4. The average Bonchev–Trinajstić information content (AvgIpc) is 3.16. The van der Waals surface area contributed by atoms with Crippen LogP contribution in [0.25, 0.3) is 0 Å². The predicted molar refractivity (Wildman–Crippen MR) is 109 cm³/mol. The number of rotatable bonds is 4. The highest BCUT2D eigenvalue weighted by atomic mass is 16.5. The second-order valence-electron chi connectivity index (χ2n) is 8.04. The van der Waals surface area contributed by atoms with E-state index in [1.165, 1.54) is 6.20 Å². The van der Waals surface area contributed by atoms with Gasteiger partial charge in [0.2, 0.25) is 5.91 Å². The van der Waals surface area contributed by atoms with Crippen LogP contribution in [0.3, 0.4) is 0 Å². The maximum Gasteiger partial charge on any atom is 0.259 e. The van der Waals surface area contributed by atoms with Crippen molar-refractivity contribution in [2.75, 3.05) is 26.7 Å². The lowest BCUT2D eigenvalue weighted by Crippen LogP contribution is -2.50. The van der Waals surface area contributed by atoms with Crippen LogP contribution in [0.1, 0.15) is 35.2 Å². The Morgan fingerprint density at radius 3 is 2.83 bits per heavy atom. The zero-order valence-corrected chi connectivity index (χ0v) is 16.9. The number of likely N-dealkylation sites (tertiary alicyclic amines) is 2. The van der Waals surface area contributed by atoms with E-state index in [9.17, 15) is 19.5 Å². The Balaban J connectivity index is 1.49. The number of pyridine rings is 1. The molecule has 1 aromatic carbocycles. The molecule has 1 atom stereocenters. The fourth-order valence-electron chi connectivity index (χ4n) is 4.52. The van der Waals surface area contributed by atoms with E-state index >= 15 is 0 Å². The number of carbonyl (C=O) groups is 2. The lowest BCUT2D eigenvalue weighted by molar-refractivity contribution is -0.146. The van der Waals surface area contributed by atoms with E-state index in [2.05, 4.69) is 4.98 Å². The summed E-state index contributed by atoms with van der Waals surface area (Å²) in [6.07, 6.45) is 3.43. The zero-order chi connectivity index (χ0) is 21.3. The predicted octanol–water partition coefficient (Wildman–Crippen LogP) is 1.74. The van der Waals surface area contributed by atoms with E-state index in [4.69, 9.17) is 4.74 Å². The van der Waals surface area contributed by atoms with Gasteiger partial charge >= 0.3 is 0 Å². The summed E-state index contributed by atoms with van der Waals surface area (Å²) in [5, 5.41) is 9.97. The molecule has 2 amide bonds. The molecule has 8 heteroatoms. The van der Waals surface area contributed by atoms with Gasteiger partial charge in [0.25, 0.3) is 11.5 Å². The molecule has 0 radical (unpaired) electrons. The number of methoxy groups -OCH3 is 1.